The third kappa shape index (κ3) is 4.87. The Morgan fingerprint density at radius 2 is 1.93 bits per heavy atom. The van der Waals surface area contributed by atoms with Gasteiger partial charge in [0.25, 0.3) is 0 Å². The average molecular weight is 232 g/mol. The predicted molar refractivity (Wildman–Crippen MR) is 64.1 cm³/mol. The van der Waals surface area contributed by atoms with Gasteiger partial charge >= 0.3 is 0 Å². The smallest absolute Gasteiger partial charge is 0.235 e. The second kappa shape index (κ2) is 5.74. The minimum absolute atomic E-state index is 0.0579. The monoisotopic (exact) mass is 231 g/mol. The molecule has 0 unspecified atom stereocenters. The van der Waals surface area contributed by atoms with E-state index < -0.39 is 0 Å². The van der Waals surface area contributed by atoms with E-state index in [0.717, 1.165) is 12.3 Å². The zero-order chi connectivity index (χ0) is 11.3. The van der Waals surface area contributed by atoms with Gasteiger partial charge in [-0.15, -0.1) is 11.6 Å². The standard InChI is InChI=1S/C12H22ClNO/c1-12(2,14-11(15)9-13)8-10-6-4-3-5-7-10/h10H,3-9H2,1-2H3,(H,14,15). The fraction of sp³-hybridized carbons (Fsp3) is 0.917. The van der Waals surface area contributed by atoms with E-state index >= 15 is 0 Å². The lowest BCUT2D eigenvalue weighted by Crippen LogP contribution is -2.45. The first-order valence-corrected chi connectivity index (χ1v) is 6.44. The molecule has 1 aliphatic rings. The van der Waals surface area contributed by atoms with Crippen LogP contribution in [-0.4, -0.2) is 17.3 Å². The lowest BCUT2D eigenvalue weighted by atomic mass is 9.81. The van der Waals surface area contributed by atoms with Gasteiger partial charge in [0.1, 0.15) is 5.88 Å². The SMILES string of the molecule is CC(C)(CC1CCCCC1)NC(=O)CCl. The molecule has 1 saturated carbocycles. The number of nitrogens with one attached hydrogen (secondary N) is 1. The second-order valence-electron chi connectivity index (χ2n) is 5.27. The van der Waals surface area contributed by atoms with Crippen molar-refractivity contribution in [3.05, 3.63) is 0 Å². The molecule has 3 heteroatoms. The van der Waals surface area contributed by atoms with E-state index in [1.807, 2.05) is 0 Å². The number of carbonyl (C=O) groups excluding carboxylic acids is 1. The number of hydrogen-bond acceptors (Lipinski definition) is 1. The van der Waals surface area contributed by atoms with Crippen LogP contribution in [0.2, 0.25) is 0 Å². The normalized spacial score (nSPS) is 18.9. The van der Waals surface area contributed by atoms with E-state index in [0.29, 0.717) is 0 Å². The Morgan fingerprint density at radius 3 is 2.47 bits per heavy atom. The highest BCUT2D eigenvalue weighted by molar-refractivity contribution is 6.27. The molecule has 0 spiro atoms. The Morgan fingerprint density at radius 1 is 1.33 bits per heavy atom. The van der Waals surface area contributed by atoms with E-state index in [-0.39, 0.29) is 17.3 Å². The molecule has 1 aliphatic carbocycles. The van der Waals surface area contributed by atoms with Crippen molar-refractivity contribution < 1.29 is 4.79 Å². The Balaban J connectivity index is 2.36. The first-order valence-electron chi connectivity index (χ1n) is 5.90. The molecule has 2 nitrogen and oxygen atoms in total. The van der Waals surface area contributed by atoms with Gasteiger partial charge in [-0.05, 0) is 26.2 Å². The van der Waals surface area contributed by atoms with Gasteiger partial charge in [-0.25, -0.2) is 0 Å². The van der Waals surface area contributed by atoms with Crippen LogP contribution in [0.5, 0.6) is 0 Å². The van der Waals surface area contributed by atoms with Crippen LogP contribution in [0.15, 0.2) is 0 Å². The van der Waals surface area contributed by atoms with Crippen molar-refractivity contribution >= 4 is 17.5 Å². The van der Waals surface area contributed by atoms with Gasteiger partial charge in [0.2, 0.25) is 5.91 Å². The number of rotatable bonds is 4. The minimum Gasteiger partial charge on any atom is -0.350 e. The maximum Gasteiger partial charge on any atom is 0.235 e. The summed E-state index contributed by atoms with van der Waals surface area (Å²) in [5.74, 6) is 0.788. The van der Waals surface area contributed by atoms with Crippen molar-refractivity contribution in [2.75, 3.05) is 5.88 Å². The van der Waals surface area contributed by atoms with Crippen molar-refractivity contribution in [1.82, 2.24) is 5.32 Å². The number of amides is 1. The summed E-state index contributed by atoms with van der Waals surface area (Å²) in [4.78, 5) is 11.2. The van der Waals surface area contributed by atoms with Gasteiger partial charge in [-0.1, -0.05) is 32.1 Å². The maximum atomic E-state index is 11.2. The van der Waals surface area contributed by atoms with Gasteiger partial charge in [-0.3, -0.25) is 4.79 Å². The Kier molecular flexibility index (Phi) is 4.91. The molecule has 0 radical (unpaired) electrons. The van der Waals surface area contributed by atoms with Crippen LogP contribution in [0.25, 0.3) is 0 Å². The molecule has 0 aromatic carbocycles. The highest BCUT2D eigenvalue weighted by Crippen LogP contribution is 2.30. The number of hydrogen-bond donors (Lipinski definition) is 1. The van der Waals surface area contributed by atoms with E-state index in [2.05, 4.69) is 19.2 Å². The van der Waals surface area contributed by atoms with Crippen LogP contribution < -0.4 is 5.32 Å². The van der Waals surface area contributed by atoms with Gasteiger partial charge in [-0.2, -0.15) is 0 Å². The largest absolute Gasteiger partial charge is 0.350 e. The summed E-state index contributed by atoms with van der Waals surface area (Å²) in [7, 11) is 0. The highest BCUT2D eigenvalue weighted by Gasteiger charge is 2.25. The maximum absolute atomic E-state index is 11.2. The Labute approximate surface area is 97.8 Å². The van der Waals surface area contributed by atoms with Gasteiger partial charge in [0.15, 0.2) is 0 Å². The molecule has 1 rings (SSSR count). The summed E-state index contributed by atoms with van der Waals surface area (Å²) in [6.45, 7) is 4.18. The lowest BCUT2D eigenvalue weighted by molar-refractivity contribution is -0.120. The molecule has 0 bridgehead atoms. The van der Waals surface area contributed by atoms with Crippen molar-refractivity contribution in [3.8, 4) is 0 Å². The summed E-state index contributed by atoms with van der Waals surface area (Å²) >= 11 is 5.49. The van der Waals surface area contributed by atoms with E-state index in [1.165, 1.54) is 32.1 Å². The zero-order valence-corrected chi connectivity index (χ0v) is 10.6. The molecule has 0 aromatic heterocycles. The molecule has 0 aliphatic heterocycles. The lowest BCUT2D eigenvalue weighted by Gasteiger charge is -2.32. The van der Waals surface area contributed by atoms with Crippen LogP contribution in [-0.2, 0) is 4.79 Å². The summed E-state index contributed by atoms with van der Waals surface area (Å²) in [5, 5.41) is 2.98. The molecule has 0 heterocycles. The quantitative estimate of drug-likeness (QED) is 0.741. The summed E-state index contributed by atoms with van der Waals surface area (Å²) in [6.07, 6.45) is 7.80. The second-order valence-corrected chi connectivity index (χ2v) is 5.54. The first kappa shape index (κ1) is 12.8. The van der Waals surface area contributed by atoms with Crippen LogP contribution in [0, 0.1) is 5.92 Å². The summed E-state index contributed by atoms with van der Waals surface area (Å²) in [5.41, 5.74) is -0.103. The fourth-order valence-corrected chi connectivity index (χ4v) is 2.64. The van der Waals surface area contributed by atoms with E-state index in [4.69, 9.17) is 11.6 Å². The number of halogens is 1. The molecular formula is C12H22ClNO. The molecule has 15 heavy (non-hydrogen) atoms. The molecule has 1 fully saturated rings. The molecule has 0 saturated heterocycles. The van der Waals surface area contributed by atoms with Crippen LogP contribution >= 0.6 is 11.6 Å². The van der Waals surface area contributed by atoms with Gasteiger partial charge < -0.3 is 5.32 Å². The molecule has 1 N–H and O–H groups in total. The topological polar surface area (TPSA) is 29.1 Å². The summed E-state index contributed by atoms with van der Waals surface area (Å²) < 4.78 is 0. The van der Waals surface area contributed by atoms with Gasteiger partial charge in [0.05, 0.1) is 0 Å². The van der Waals surface area contributed by atoms with Crippen molar-refractivity contribution in [2.24, 2.45) is 5.92 Å². The zero-order valence-electron chi connectivity index (χ0n) is 9.81. The number of alkyl halides is 1. The van der Waals surface area contributed by atoms with E-state index in [1.54, 1.807) is 0 Å². The molecule has 88 valence electrons. The van der Waals surface area contributed by atoms with Crippen molar-refractivity contribution in [3.63, 3.8) is 0 Å². The Bertz CT molecular complexity index is 210. The predicted octanol–water partition coefficient (Wildman–Crippen LogP) is 3.09. The van der Waals surface area contributed by atoms with Crippen molar-refractivity contribution in [1.29, 1.82) is 0 Å². The Hall–Kier alpha value is -0.240. The van der Waals surface area contributed by atoms with E-state index in [9.17, 15) is 4.79 Å². The van der Waals surface area contributed by atoms with Gasteiger partial charge in [0, 0.05) is 5.54 Å². The highest BCUT2D eigenvalue weighted by atomic mass is 35.5. The van der Waals surface area contributed by atoms with Crippen molar-refractivity contribution in [2.45, 2.75) is 57.9 Å². The molecule has 0 aromatic rings. The first-order chi connectivity index (χ1) is 7.03. The minimum atomic E-state index is -0.103. The molecule has 0 atom stereocenters. The molecular weight excluding hydrogens is 210 g/mol. The van der Waals surface area contributed by atoms with Crippen LogP contribution in [0.3, 0.4) is 0 Å². The average Bonchev–Trinajstić information content (AvgIpc) is 2.17. The van der Waals surface area contributed by atoms with Crippen LogP contribution in [0.4, 0.5) is 0 Å². The third-order valence-electron chi connectivity index (χ3n) is 3.12. The third-order valence-corrected chi connectivity index (χ3v) is 3.37. The fourth-order valence-electron chi connectivity index (χ4n) is 2.57. The number of carbonyl (C=O) groups is 1. The molecule has 1 amide bonds. The summed E-state index contributed by atoms with van der Waals surface area (Å²) in [6, 6.07) is 0. The van der Waals surface area contributed by atoms with Crippen LogP contribution in [0.1, 0.15) is 52.4 Å².